The van der Waals surface area contributed by atoms with Crippen LogP contribution >= 0.6 is 0 Å². The van der Waals surface area contributed by atoms with E-state index in [1.54, 1.807) is 18.5 Å². The normalized spacial score (nSPS) is 18.2. The van der Waals surface area contributed by atoms with Gasteiger partial charge in [-0.2, -0.15) is 4.31 Å². The number of pyridine rings is 1. The van der Waals surface area contributed by atoms with Crippen LogP contribution in [0.15, 0.2) is 48.8 Å². The average molecular weight is 391 g/mol. The van der Waals surface area contributed by atoms with Crippen LogP contribution in [0.25, 0.3) is 0 Å². The lowest BCUT2D eigenvalue weighted by molar-refractivity contribution is 0.0956. The van der Waals surface area contributed by atoms with Gasteiger partial charge in [0.25, 0.3) is 5.91 Å². The third kappa shape index (κ3) is 4.90. The minimum atomic E-state index is -3.53. The molecular weight excluding hydrogens is 369 g/mol. The zero-order chi connectivity index (χ0) is 19.3. The molecule has 1 fully saturated rings. The standard InChI is InChI=1S/C19H22FN3O3S/c20-17-8-6-15(7-9-17)19(24)22-11-13-27(25,26)23-12-2-1-5-18(23)16-4-3-10-21-14-16/h3-4,6-10,14,18H,1-2,5,11-13H2,(H,22,24)/t18-/m0/s1. The number of carbonyl (C=O) groups excluding carboxylic acids is 1. The maximum Gasteiger partial charge on any atom is 0.251 e. The van der Waals surface area contributed by atoms with Crippen molar-refractivity contribution in [3.05, 3.63) is 65.7 Å². The maximum absolute atomic E-state index is 12.9. The van der Waals surface area contributed by atoms with E-state index in [4.69, 9.17) is 0 Å². The van der Waals surface area contributed by atoms with Gasteiger partial charge in [-0.15, -0.1) is 0 Å². The van der Waals surface area contributed by atoms with Gasteiger partial charge >= 0.3 is 0 Å². The molecule has 1 aliphatic rings. The number of hydrogen-bond donors (Lipinski definition) is 1. The highest BCUT2D eigenvalue weighted by Crippen LogP contribution is 2.32. The van der Waals surface area contributed by atoms with Crippen LogP contribution in [0, 0.1) is 5.82 Å². The molecule has 2 heterocycles. The first-order valence-electron chi connectivity index (χ1n) is 8.90. The number of nitrogens with one attached hydrogen (secondary N) is 1. The van der Waals surface area contributed by atoms with Crippen molar-refractivity contribution in [1.29, 1.82) is 0 Å². The zero-order valence-corrected chi connectivity index (χ0v) is 15.7. The number of piperidine rings is 1. The second kappa shape index (κ2) is 8.58. The Balaban J connectivity index is 1.62. The molecular formula is C19H22FN3O3S. The highest BCUT2D eigenvalue weighted by atomic mass is 32.2. The number of halogens is 1. The predicted molar refractivity (Wildman–Crippen MR) is 100 cm³/mol. The Morgan fingerprint density at radius 2 is 2.00 bits per heavy atom. The Bertz CT molecular complexity index is 873. The van der Waals surface area contributed by atoms with Gasteiger partial charge in [0.2, 0.25) is 10.0 Å². The van der Waals surface area contributed by atoms with Gasteiger partial charge in [0, 0.05) is 31.0 Å². The molecule has 1 N–H and O–H groups in total. The summed E-state index contributed by atoms with van der Waals surface area (Å²) < 4.78 is 40.1. The molecule has 0 bridgehead atoms. The third-order valence-electron chi connectivity index (χ3n) is 4.63. The van der Waals surface area contributed by atoms with Gasteiger partial charge in [0.15, 0.2) is 0 Å². The van der Waals surface area contributed by atoms with E-state index in [-0.39, 0.29) is 18.3 Å². The highest BCUT2D eigenvalue weighted by Gasteiger charge is 2.33. The molecule has 1 saturated heterocycles. The fourth-order valence-corrected chi connectivity index (χ4v) is 4.87. The van der Waals surface area contributed by atoms with Gasteiger partial charge in [0.1, 0.15) is 5.82 Å². The van der Waals surface area contributed by atoms with Crippen LogP contribution < -0.4 is 5.32 Å². The predicted octanol–water partition coefficient (Wildman–Crippen LogP) is 2.51. The monoisotopic (exact) mass is 391 g/mol. The molecule has 27 heavy (non-hydrogen) atoms. The summed E-state index contributed by atoms with van der Waals surface area (Å²) in [5.74, 6) is -1.04. The molecule has 8 heteroatoms. The van der Waals surface area contributed by atoms with Crippen molar-refractivity contribution in [2.45, 2.75) is 25.3 Å². The van der Waals surface area contributed by atoms with E-state index in [0.717, 1.165) is 24.8 Å². The molecule has 0 unspecified atom stereocenters. The van der Waals surface area contributed by atoms with E-state index in [9.17, 15) is 17.6 Å². The quantitative estimate of drug-likeness (QED) is 0.821. The molecule has 0 spiro atoms. The Labute approximate surface area is 158 Å². The Hall–Kier alpha value is -2.32. The van der Waals surface area contributed by atoms with Crippen LogP contribution in [0.5, 0.6) is 0 Å². The van der Waals surface area contributed by atoms with Gasteiger partial charge < -0.3 is 5.32 Å². The van der Waals surface area contributed by atoms with Crippen LogP contribution in [0.2, 0.25) is 0 Å². The fourth-order valence-electron chi connectivity index (χ4n) is 3.26. The first-order chi connectivity index (χ1) is 13.0. The van der Waals surface area contributed by atoms with E-state index < -0.39 is 21.7 Å². The molecule has 1 aromatic heterocycles. The van der Waals surface area contributed by atoms with Crippen molar-refractivity contribution in [1.82, 2.24) is 14.6 Å². The fraction of sp³-hybridized carbons (Fsp3) is 0.368. The SMILES string of the molecule is O=C(NCCS(=O)(=O)N1CCCC[C@H]1c1cccnc1)c1ccc(F)cc1. The van der Waals surface area contributed by atoms with E-state index >= 15 is 0 Å². The molecule has 1 aliphatic heterocycles. The summed E-state index contributed by atoms with van der Waals surface area (Å²) in [6.07, 6.45) is 5.91. The van der Waals surface area contributed by atoms with Crippen molar-refractivity contribution < 1.29 is 17.6 Å². The summed E-state index contributed by atoms with van der Waals surface area (Å²) in [5.41, 5.74) is 1.18. The Morgan fingerprint density at radius 3 is 2.70 bits per heavy atom. The molecule has 3 rings (SSSR count). The summed E-state index contributed by atoms with van der Waals surface area (Å²) in [7, 11) is -3.53. The van der Waals surface area contributed by atoms with Crippen molar-refractivity contribution in [3.8, 4) is 0 Å². The smallest absolute Gasteiger partial charge is 0.251 e. The molecule has 0 aliphatic carbocycles. The zero-order valence-electron chi connectivity index (χ0n) is 14.8. The van der Waals surface area contributed by atoms with Gasteiger partial charge in [-0.1, -0.05) is 12.5 Å². The van der Waals surface area contributed by atoms with Gasteiger partial charge in [0.05, 0.1) is 11.8 Å². The third-order valence-corrected chi connectivity index (χ3v) is 6.50. The number of carbonyl (C=O) groups is 1. The van der Waals surface area contributed by atoms with Gasteiger partial charge in [-0.3, -0.25) is 9.78 Å². The van der Waals surface area contributed by atoms with Crippen molar-refractivity contribution in [2.75, 3.05) is 18.8 Å². The van der Waals surface area contributed by atoms with E-state index in [1.807, 2.05) is 6.07 Å². The number of nitrogens with zero attached hydrogens (tertiary/aromatic N) is 2. The van der Waals surface area contributed by atoms with Crippen molar-refractivity contribution in [2.24, 2.45) is 0 Å². The highest BCUT2D eigenvalue weighted by molar-refractivity contribution is 7.89. The molecule has 144 valence electrons. The maximum atomic E-state index is 12.9. The van der Waals surface area contributed by atoms with Crippen LogP contribution in [0.3, 0.4) is 0 Å². The molecule has 1 atom stereocenters. The number of rotatable bonds is 6. The van der Waals surface area contributed by atoms with Gasteiger partial charge in [-0.25, -0.2) is 12.8 Å². The van der Waals surface area contributed by atoms with E-state index in [2.05, 4.69) is 10.3 Å². The first kappa shape index (κ1) is 19.4. The Morgan fingerprint density at radius 1 is 1.22 bits per heavy atom. The minimum Gasteiger partial charge on any atom is -0.351 e. The number of sulfonamides is 1. The molecule has 6 nitrogen and oxygen atoms in total. The Kier molecular flexibility index (Phi) is 6.18. The molecule has 1 aromatic carbocycles. The van der Waals surface area contributed by atoms with Crippen molar-refractivity contribution in [3.63, 3.8) is 0 Å². The summed E-state index contributed by atoms with van der Waals surface area (Å²) in [5, 5.41) is 2.59. The average Bonchev–Trinajstić information content (AvgIpc) is 2.69. The van der Waals surface area contributed by atoms with E-state index in [1.165, 1.54) is 28.6 Å². The molecule has 1 amide bonds. The lowest BCUT2D eigenvalue weighted by Gasteiger charge is -2.34. The van der Waals surface area contributed by atoms with Gasteiger partial charge in [-0.05, 0) is 48.7 Å². The largest absolute Gasteiger partial charge is 0.351 e. The molecule has 0 saturated carbocycles. The number of amides is 1. The van der Waals surface area contributed by atoms with Crippen molar-refractivity contribution >= 4 is 15.9 Å². The minimum absolute atomic E-state index is 0.00516. The van der Waals surface area contributed by atoms with E-state index in [0.29, 0.717) is 12.1 Å². The van der Waals surface area contributed by atoms with Crippen LogP contribution in [-0.4, -0.2) is 42.5 Å². The summed E-state index contributed by atoms with van der Waals surface area (Å²) in [4.78, 5) is 16.1. The summed E-state index contributed by atoms with van der Waals surface area (Å²) in [6, 6.07) is 8.59. The molecule has 2 aromatic rings. The lowest BCUT2D eigenvalue weighted by Crippen LogP contribution is -2.42. The molecule has 0 radical (unpaired) electrons. The topological polar surface area (TPSA) is 79.4 Å². The second-order valence-corrected chi connectivity index (χ2v) is 8.53. The van der Waals surface area contributed by atoms with Crippen LogP contribution in [0.1, 0.15) is 41.2 Å². The number of benzene rings is 1. The summed E-state index contributed by atoms with van der Waals surface area (Å²) >= 11 is 0. The first-order valence-corrected chi connectivity index (χ1v) is 10.5. The number of aromatic nitrogens is 1. The number of hydrogen-bond acceptors (Lipinski definition) is 4. The van der Waals surface area contributed by atoms with Crippen LogP contribution in [-0.2, 0) is 10.0 Å². The summed E-state index contributed by atoms with van der Waals surface area (Å²) in [6.45, 7) is 0.461. The second-order valence-electron chi connectivity index (χ2n) is 6.49. The van der Waals surface area contributed by atoms with Crippen LogP contribution in [0.4, 0.5) is 4.39 Å². The lowest BCUT2D eigenvalue weighted by atomic mass is 9.99.